The van der Waals surface area contributed by atoms with Crippen molar-refractivity contribution in [2.75, 3.05) is 39.4 Å². The predicted molar refractivity (Wildman–Crippen MR) is 122 cm³/mol. The number of benzene rings is 1. The van der Waals surface area contributed by atoms with Crippen molar-refractivity contribution in [1.29, 1.82) is 0 Å². The molecule has 5 rings (SSSR count). The maximum Gasteiger partial charge on any atom is 0.416 e. The number of H-pyrrole nitrogens is 1. The van der Waals surface area contributed by atoms with Gasteiger partial charge in [-0.3, -0.25) is 5.10 Å². The Hall–Kier alpha value is -2.30. The van der Waals surface area contributed by atoms with Gasteiger partial charge in [0.05, 0.1) is 30.0 Å². The van der Waals surface area contributed by atoms with E-state index in [9.17, 15) is 18.0 Å². The molecule has 0 radical (unpaired) electrons. The van der Waals surface area contributed by atoms with Gasteiger partial charge in [0.1, 0.15) is 0 Å². The standard InChI is InChI=1S/C23H28F3N5O2.ClH/c24-23(25,26)18-3-1-15(2-4-18)16-11-17(19-12-20(29-28-19)22(27)5-6-22)14-31(13-16)21(32)30-7-9-33-10-8-30;/h1-4,12,16-17H,5-11,13-14,27H2,(H,28,29);1H. The van der Waals surface area contributed by atoms with Crippen molar-refractivity contribution in [3.05, 3.63) is 52.8 Å². The van der Waals surface area contributed by atoms with Crippen LogP contribution in [-0.2, 0) is 16.5 Å². The van der Waals surface area contributed by atoms with E-state index in [-0.39, 0.29) is 35.8 Å². The number of morpholine rings is 1. The molecular formula is C23H29ClF3N5O2. The second-order valence-corrected chi connectivity index (χ2v) is 9.40. The summed E-state index contributed by atoms with van der Waals surface area (Å²) in [5.74, 6) is -0.102. The molecule has 3 heterocycles. The van der Waals surface area contributed by atoms with E-state index in [4.69, 9.17) is 10.5 Å². The number of nitrogens with one attached hydrogen (secondary N) is 1. The molecule has 1 aromatic heterocycles. The van der Waals surface area contributed by atoms with Gasteiger partial charge in [0.15, 0.2) is 0 Å². The van der Waals surface area contributed by atoms with Crippen LogP contribution >= 0.6 is 12.4 Å². The Labute approximate surface area is 202 Å². The van der Waals surface area contributed by atoms with Gasteiger partial charge in [-0.05, 0) is 43.0 Å². The van der Waals surface area contributed by atoms with E-state index in [0.717, 1.165) is 41.9 Å². The smallest absolute Gasteiger partial charge is 0.378 e. The number of hydrogen-bond donors (Lipinski definition) is 2. The number of piperidine rings is 1. The van der Waals surface area contributed by atoms with E-state index in [1.807, 2.05) is 11.0 Å². The quantitative estimate of drug-likeness (QED) is 0.672. The number of carbonyl (C=O) groups excluding carboxylic acids is 1. The molecular weight excluding hydrogens is 471 g/mol. The van der Waals surface area contributed by atoms with Crippen molar-refractivity contribution in [3.8, 4) is 0 Å². The van der Waals surface area contributed by atoms with Crippen molar-refractivity contribution in [2.24, 2.45) is 5.73 Å². The van der Waals surface area contributed by atoms with Crippen LogP contribution in [0.2, 0.25) is 0 Å². The number of halogens is 4. The number of likely N-dealkylation sites (tertiary alicyclic amines) is 1. The zero-order chi connectivity index (χ0) is 23.2. The fourth-order valence-electron chi connectivity index (χ4n) is 4.81. The molecule has 3 N–H and O–H groups in total. The number of nitrogens with two attached hydrogens (primary N) is 1. The van der Waals surface area contributed by atoms with E-state index in [2.05, 4.69) is 10.2 Å². The monoisotopic (exact) mass is 499 g/mol. The summed E-state index contributed by atoms with van der Waals surface area (Å²) in [5.41, 5.74) is 7.81. The van der Waals surface area contributed by atoms with E-state index in [1.54, 1.807) is 4.90 Å². The summed E-state index contributed by atoms with van der Waals surface area (Å²) in [4.78, 5) is 16.9. The molecule has 2 aliphatic heterocycles. The highest BCUT2D eigenvalue weighted by Crippen LogP contribution is 2.43. The predicted octanol–water partition coefficient (Wildman–Crippen LogP) is 3.82. The van der Waals surface area contributed by atoms with Crippen LogP contribution in [0.1, 0.15) is 53.6 Å². The largest absolute Gasteiger partial charge is 0.416 e. The summed E-state index contributed by atoms with van der Waals surface area (Å²) in [6.45, 7) is 3.07. The number of aromatic nitrogens is 2. The molecule has 3 fully saturated rings. The van der Waals surface area contributed by atoms with Gasteiger partial charge in [0.2, 0.25) is 0 Å². The summed E-state index contributed by atoms with van der Waals surface area (Å²) < 4.78 is 44.5. The van der Waals surface area contributed by atoms with Crippen LogP contribution < -0.4 is 5.73 Å². The zero-order valence-electron chi connectivity index (χ0n) is 18.7. The fraction of sp³-hybridized carbons (Fsp3) is 0.565. The molecule has 7 nitrogen and oxygen atoms in total. The molecule has 2 unspecified atom stereocenters. The number of carbonyl (C=O) groups is 1. The Morgan fingerprint density at radius 1 is 1.09 bits per heavy atom. The zero-order valence-corrected chi connectivity index (χ0v) is 19.5. The first-order valence-corrected chi connectivity index (χ1v) is 11.4. The maximum atomic E-state index is 13.3. The molecule has 2 aromatic rings. The SMILES string of the molecule is Cl.NC1(c2cc(C3CC(c4ccc(C(F)(F)F)cc4)CN(C(=O)N4CCOCC4)C3)[nH]n2)CC1. The van der Waals surface area contributed by atoms with Crippen LogP contribution in [0, 0.1) is 0 Å². The highest BCUT2D eigenvalue weighted by molar-refractivity contribution is 5.85. The Morgan fingerprint density at radius 3 is 2.35 bits per heavy atom. The Morgan fingerprint density at radius 2 is 1.74 bits per heavy atom. The van der Waals surface area contributed by atoms with Crippen LogP contribution in [0.25, 0.3) is 0 Å². The van der Waals surface area contributed by atoms with Gasteiger partial charge in [0.25, 0.3) is 0 Å². The second kappa shape index (κ2) is 9.39. The molecule has 0 spiro atoms. The van der Waals surface area contributed by atoms with Crippen molar-refractivity contribution in [2.45, 2.75) is 42.8 Å². The summed E-state index contributed by atoms with van der Waals surface area (Å²) in [5, 5.41) is 7.53. The molecule has 1 aromatic carbocycles. The van der Waals surface area contributed by atoms with Crippen molar-refractivity contribution >= 4 is 18.4 Å². The second-order valence-electron chi connectivity index (χ2n) is 9.40. The van der Waals surface area contributed by atoms with Crippen molar-refractivity contribution in [1.82, 2.24) is 20.0 Å². The van der Waals surface area contributed by atoms with Crippen LogP contribution in [0.4, 0.5) is 18.0 Å². The number of ether oxygens (including phenoxy) is 1. The minimum Gasteiger partial charge on any atom is -0.378 e. The van der Waals surface area contributed by atoms with Gasteiger partial charge in [-0.2, -0.15) is 18.3 Å². The van der Waals surface area contributed by atoms with Gasteiger partial charge in [-0.25, -0.2) is 4.79 Å². The number of alkyl halides is 3. The Kier molecular flexibility index (Phi) is 6.85. The number of hydrogen-bond acceptors (Lipinski definition) is 4. The first-order valence-electron chi connectivity index (χ1n) is 11.4. The lowest BCUT2D eigenvalue weighted by Crippen LogP contribution is -2.52. The van der Waals surface area contributed by atoms with Gasteiger partial charge in [0, 0.05) is 43.7 Å². The number of rotatable bonds is 3. The molecule has 11 heteroatoms. The molecule has 2 amide bonds. The summed E-state index contributed by atoms with van der Waals surface area (Å²) >= 11 is 0. The molecule has 0 bridgehead atoms. The molecule has 2 saturated heterocycles. The van der Waals surface area contributed by atoms with Gasteiger partial charge in [-0.15, -0.1) is 12.4 Å². The molecule has 1 saturated carbocycles. The first kappa shape index (κ1) is 24.8. The number of aromatic amines is 1. The van der Waals surface area contributed by atoms with Gasteiger partial charge >= 0.3 is 12.2 Å². The third-order valence-corrected chi connectivity index (χ3v) is 7.05. The molecule has 2 atom stereocenters. The molecule has 34 heavy (non-hydrogen) atoms. The van der Waals surface area contributed by atoms with Gasteiger partial charge < -0.3 is 20.3 Å². The first-order chi connectivity index (χ1) is 15.7. The third-order valence-electron chi connectivity index (χ3n) is 7.05. The highest BCUT2D eigenvalue weighted by atomic mass is 35.5. The van der Waals surface area contributed by atoms with Gasteiger partial charge in [-0.1, -0.05) is 12.1 Å². The van der Waals surface area contributed by atoms with Crippen LogP contribution in [0.5, 0.6) is 0 Å². The molecule has 1 aliphatic carbocycles. The average Bonchev–Trinajstić information content (AvgIpc) is 3.37. The van der Waals surface area contributed by atoms with E-state index in [1.165, 1.54) is 12.1 Å². The van der Waals surface area contributed by atoms with E-state index in [0.29, 0.717) is 45.8 Å². The number of amides is 2. The lowest BCUT2D eigenvalue weighted by atomic mass is 9.82. The minimum atomic E-state index is -4.38. The topological polar surface area (TPSA) is 87.5 Å². The lowest BCUT2D eigenvalue weighted by Gasteiger charge is -2.41. The van der Waals surface area contributed by atoms with Crippen LogP contribution in [0.3, 0.4) is 0 Å². The van der Waals surface area contributed by atoms with E-state index >= 15 is 0 Å². The molecule has 186 valence electrons. The summed E-state index contributed by atoms with van der Waals surface area (Å²) in [7, 11) is 0. The van der Waals surface area contributed by atoms with Crippen molar-refractivity contribution < 1.29 is 22.7 Å². The molecule has 3 aliphatic rings. The Balaban J connectivity index is 0.00000274. The maximum absolute atomic E-state index is 13.3. The normalized spacial score (nSPS) is 24.5. The minimum absolute atomic E-state index is 0. The fourth-order valence-corrected chi connectivity index (χ4v) is 4.81. The summed E-state index contributed by atoms with van der Waals surface area (Å²) in [6.07, 6.45) is -1.87. The van der Waals surface area contributed by atoms with Crippen LogP contribution in [-0.4, -0.2) is 65.4 Å². The number of urea groups is 1. The summed E-state index contributed by atoms with van der Waals surface area (Å²) in [6, 6.07) is 7.23. The van der Waals surface area contributed by atoms with Crippen LogP contribution in [0.15, 0.2) is 30.3 Å². The lowest BCUT2D eigenvalue weighted by molar-refractivity contribution is -0.137. The Bertz CT molecular complexity index is 1000. The highest BCUT2D eigenvalue weighted by Gasteiger charge is 2.43. The number of nitrogens with zero attached hydrogens (tertiary/aromatic N) is 3. The average molecular weight is 500 g/mol. The van der Waals surface area contributed by atoms with Crippen molar-refractivity contribution in [3.63, 3.8) is 0 Å². The third kappa shape index (κ3) is 5.04. The van der Waals surface area contributed by atoms with E-state index < -0.39 is 11.7 Å².